The molecule has 4 heteroatoms. The summed E-state index contributed by atoms with van der Waals surface area (Å²) >= 11 is 0. The number of hydrogen-bond acceptors (Lipinski definition) is 2. The molecule has 0 unspecified atom stereocenters. The zero-order valence-corrected chi connectivity index (χ0v) is 13.1. The molecule has 0 saturated heterocycles. The van der Waals surface area contributed by atoms with Crippen molar-refractivity contribution in [3.05, 3.63) is 59.7 Å². The molecular weight excluding hydrogens is 276 g/mol. The largest absolute Gasteiger partial charge is 0.473 e. The van der Waals surface area contributed by atoms with Gasteiger partial charge in [0.2, 0.25) is 0 Å². The van der Waals surface area contributed by atoms with Crippen molar-refractivity contribution in [2.75, 3.05) is 12.0 Å². The molecule has 0 radical (unpaired) electrons. The third-order valence-electron chi connectivity index (χ3n) is 3.24. The first kappa shape index (κ1) is 15.9. The van der Waals surface area contributed by atoms with Crippen molar-refractivity contribution in [1.82, 2.24) is 5.32 Å². The summed E-state index contributed by atoms with van der Waals surface area (Å²) in [4.78, 5) is 11.7. The van der Waals surface area contributed by atoms with E-state index < -0.39 is 0 Å². The van der Waals surface area contributed by atoms with Gasteiger partial charge in [0.1, 0.15) is 5.75 Å². The average Bonchev–Trinajstić information content (AvgIpc) is 2.52. The Morgan fingerprint density at radius 2 is 1.73 bits per heavy atom. The van der Waals surface area contributed by atoms with Gasteiger partial charge in [-0.2, -0.15) is 0 Å². The lowest BCUT2D eigenvalue weighted by Crippen LogP contribution is -2.31. The topological polar surface area (TPSA) is 50.4 Å². The zero-order valence-electron chi connectivity index (χ0n) is 13.1. The van der Waals surface area contributed by atoms with Crippen LogP contribution >= 0.6 is 0 Å². The molecule has 4 nitrogen and oxygen atoms in total. The van der Waals surface area contributed by atoms with Gasteiger partial charge < -0.3 is 15.4 Å². The Balaban J connectivity index is 1.73. The average molecular weight is 298 g/mol. The molecule has 116 valence electrons. The van der Waals surface area contributed by atoms with Crippen LogP contribution in [-0.2, 0) is 6.42 Å². The lowest BCUT2D eigenvalue weighted by Gasteiger charge is -2.10. The second-order valence-electron chi connectivity index (χ2n) is 5.18. The molecule has 0 heterocycles. The van der Waals surface area contributed by atoms with Gasteiger partial charge in [-0.3, -0.25) is 0 Å². The Bertz CT molecular complexity index is 591. The van der Waals surface area contributed by atoms with Gasteiger partial charge in [-0.15, -0.1) is 0 Å². The van der Waals surface area contributed by atoms with Crippen molar-refractivity contribution in [2.24, 2.45) is 0 Å². The number of urea groups is 1. The smallest absolute Gasteiger partial charge is 0.321 e. The molecule has 22 heavy (non-hydrogen) atoms. The molecule has 0 aliphatic heterocycles. The number of ether oxygens (including phenoxy) is 1. The summed E-state index contributed by atoms with van der Waals surface area (Å²) in [7, 11) is 0. The second-order valence-corrected chi connectivity index (χ2v) is 5.18. The highest BCUT2D eigenvalue weighted by Crippen LogP contribution is 2.13. The molecule has 0 atom stereocenters. The van der Waals surface area contributed by atoms with E-state index in [4.69, 9.17) is 4.74 Å². The number of benzene rings is 2. The van der Waals surface area contributed by atoms with Crippen molar-refractivity contribution in [3.63, 3.8) is 0 Å². The summed E-state index contributed by atoms with van der Waals surface area (Å²) in [6.07, 6.45) is 2.19. The molecule has 2 aromatic carbocycles. The van der Waals surface area contributed by atoms with Crippen molar-refractivity contribution in [3.8, 4) is 5.75 Å². The van der Waals surface area contributed by atoms with Crippen molar-refractivity contribution in [1.29, 1.82) is 0 Å². The first-order valence-electron chi connectivity index (χ1n) is 7.50. The fourth-order valence-corrected chi connectivity index (χ4v) is 2.04. The van der Waals surface area contributed by atoms with Crippen molar-refractivity contribution < 1.29 is 9.53 Å². The van der Waals surface area contributed by atoms with Gasteiger partial charge in [-0.1, -0.05) is 43.2 Å². The normalized spacial score (nSPS) is 10.1. The van der Waals surface area contributed by atoms with Gasteiger partial charge in [0.05, 0.1) is 0 Å². The van der Waals surface area contributed by atoms with E-state index in [0.29, 0.717) is 0 Å². The van der Waals surface area contributed by atoms with Crippen LogP contribution in [0.5, 0.6) is 5.75 Å². The highest BCUT2D eigenvalue weighted by molar-refractivity contribution is 5.89. The number of nitrogens with one attached hydrogen (secondary N) is 2. The van der Waals surface area contributed by atoms with E-state index in [1.807, 2.05) is 55.5 Å². The Labute approximate surface area is 131 Å². The summed E-state index contributed by atoms with van der Waals surface area (Å²) in [5.74, 6) is 0.746. The van der Waals surface area contributed by atoms with Crippen LogP contribution in [0.4, 0.5) is 10.5 Å². The van der Waals surface area contributed by atoms with Gasteiger partial charge in [0.25, 0.3) is 0 Å². The second kappa shape index (κ2) is 8.08. The van der Waals surface area contributed by atoms with Gasteiger partial charge >= 0.3 is 6.03 Å². The van der Waals surface area contributed by atoms with Gasteiger partial charge in [0, 0.05) is 5.69 Å². The Morgan fingerprint density at radius 1 is 1.05 bits per heavy atom. The SMILES string of the molecule is CCCc1ccc(OCNC(=O)Nc2ccc(C)cc2)cc1. The highest BCUT2D eigenvalue weighted by atomic mass is 16.5. The van der Waals surface area contributed by atoms with E-state index in [-0.39, 0.29) is 12.8 Å². The standard InChI is InChI=1S/C18H22N2O2/c1-3-4-15-7-11-17(12-8-15)22-13-19-18(21)20-16-9-5-14(2)6-10-16/h5-12H,3-4,13H2,1-2H3,(H2,19,20,21). The molecule has 0 bridgehead atoms. The molecule has 0 aliphatic carbocycles. The number of hydrogen-bond donors (Lipinski definition) is 2. The monoisotopic (exact) mass is 298 g/mol. The summed E-state index contributed by atoms with van der Waals surface area (Å²) in [5, 5.41) is 5.41. The molecule has 2 amide bonds. The third-order valence-corrected chi connectivity index (χ3v) is 3.24. The van der Waals surface area contributed by atoms with Crippen LogP contribution in [0.3, 0.4) is 0 Å². The summed E-state index contributed by atoms with van der Waals surface area (Å²) in [5.41, 5.74) is 3.20. The molecule has 2 N–H and O–H groups in total. The molecule has 0 fully saturated rings. The molecular formula is C18H22N2O2. The van der Waals surface area contributed by atoms with Gasteiger partial charge in [-0.25, -0.2) is 4.79 Å². The first-order chi connectivity index (χ1) is 10.7. The summed E-state index contributed by atoms with van der Waals surface area (Å²) < 4.78 is 5.49. The van der Waals surface area contributed by atoms with Crippen LogP contribution in [0, 0.1) is 6.92 Å². The number of carbonyl (C=O) groups is 1. The van der Waals surface area contributed by atoms with E-state index in [0.717, 1.165) is 29.8 Å². The van der Waals surface area contributed by atoms with E-state index in [2.05, 4.69) is 17.6 Å². The van der Waals surface area contributed by atoms with Crippen molar-refractivity contribution in [2.45, 2.75) is 26.7 Å². The van der Waals surface area contributed by atoms with Crippen LogP contribution < -0.4 is 15.4 Å². The lowest BCUT2D eigenvalue weighted by molar-refractivity contribution is 0.234. The zero-order chi connectivity index (χ0) is 15.8. The van der Waals surface area contributed by atoms with Crippen molar-refractivity contribution >= 4 is 11.7 Å². The van der Waals surface area contributed by atoms with E-state index in [9.17, 15) is 4.79 Å². The minimum absolute atomic E-state index is 0.130. The maximum atomic E-state index is 11.7. The summed E-state index contributed by atoms with van der Waals surface area (Å²) in [6, 6.07) is 15.3. The molecule has 2 rings (SSSR count). The van der Waals surface area contributed by atoms with E-state index >= 15 is 0 Å². The van der Waals surface area contributed by atoms with Crippen LogP contribution in [0.1, 0.15) is 24.5 Å². The Hall–Kier alpha value is -2.49. The van der Waals surface area contributed by atoms with Gasteiger partial charge in [0.15, 0.2) is 6.73 Å². The molecule has 2 aromatic rings. The fourth-order valence-electron chi connectivity index (χ4n) is 2.04. The number of aryl methyl sites for hydroxylation is 2. The van der Waals surface area contributed by atoms with Gasteiger partial charge in [-0.05, 0) is 43.2 Å². The molecule has 0 spiro atoms. The van der Waals surface area contributed by atoms with Crippen LogP contribution in [0.2, 0.25) is 0 Å². The number of rotatable bonds is 6. The quantitative estimate of drug-likeness (QED) is 0.789. The highest BCUT2D eigenvalue weighted by Gasteiger charge is 2.01. The van der Waals surface area contributed by atoms with Crippen LogP contribution in [0.25, 0.3) is 0 Å². The maximum absolute atomic E-state index is 11.7. The van der Waals surface area contributed by atoms with Crippen LogP contribution in [0.15, 0.2) is 48.5 Å². The number of anilines is 1. The third kappa shape index (κ3) is 5.13. The fraction of sp³-hybridized carbons (Fsp3) is 0.278. The minimum atomic E-state index is -0.286. The van der Waals surface area contributed by atoms with E-state index in [1.165, 1.54) is 5.56 Å². The predicted molar refractivity (Wildman–Crippen MR) is 89.3 cm³/mol. The van der Waals surface area contributed by atoms with E-state index in [1.54, 1.807) is 0 Å². The number of carbonyl (C=O) groups excluding carboxylic acids is 1. The molecule has 0 aromatic heterocycles. The summed E-state index contributed by atoms with van der Waals surface area (Å²) in [6.45, 7) is 4.29. The Kier molecular flexibility index (Phi) is 5.83. The molecule has 0 saturated carbocycles. The minimum Gasteiger partial charge on any atom is -0.473 e. The first-order valence-corrected chi connectivity index (χ1v) is 7.50. The lowest BCUT2D eigenvalue weighted by atomic mass is 10.1. The maximum Gasteiger partial charge on any atom is 0.321 e. The molecule has 0 aliphatic rings. The van der Waals surface area contributed by atoms with Crippen LogP contribution in [-0.4, -0.2) is 12.8 Å². The number of amides is 2. The Morgan fingerprint density at radius 3 is 2.36 bits per heavy atom. The predicted octanol–water partition coefficient (Wildman–Crippen LogP) is 4.11.